The molecule has 0 radical (unpaired) electrons. The van der Waals surface area contributed by atoms with Gasteiger partial charge in [0.1, 0.15) is 5.82 Å². The first-order valence-corrected chi connectivity index (χ1v) is 7.28. The van der Waals surface area contributed by atoms with E-state index in [2.05, 4.69) is 9.78 Å². The highest BCUT2D eigenvalue weighted by atomic mass is 15.3. The maximum Gasteiger partial charge on any atom is 0.122 e. The van der Waals surface area contributed by atoms with E-state index in [0.29, 0.717) is 12.6 Å². The van der Waals surface area contributed by atoms with Gasteiger partial charge in [-0.25, -0.2) is 4.68 Å². The summed E-state index contributed by atoms with van der Waals surface area (Å²) in [7, 11) is 0. The average Bonchev–Trinajstić information content (AvgIpc) is 2.69. The number of anilines is 1. The normalized spacial score (nSPS) is 41.5. The van der Waals surface area contributed by atoms with Crippen molar-refractivity contribution in [1.82, 2.24) is 9.78 Å². The second-order valence-corrected chi connectivity index (χ2v) is 6.63. The van der Waals surface area contributed by atoms with E-state index in [-0.39, 0.29) is 0 Å². The smallest absolute Gasteiger partial charge is 0.122 e. The molecule has 18 heavy (non-hydrogen) atoms. The zero-order chi connectivity index (χ0) is 12.3. The summed E-state index contributed by atoms with van der Waals surface area (Å²) in [4.78, 5) is 0. The molecule has 1 aromatic heterocycles. The molecular weight excluding hydrogens is 224 g/mol. The number of nitrogen functional groups attached to an aromatic ring is 1. The van der Waals surface area contributed by atoms with Crippen LogP contribution in [0.3, 0.4) is 0 Å². The van der Waals surface area contributed by atoms with Gasteiger partial charge in [0, 0.05) is 12.6 Å². The van der Waals surface area contributed by atoms with E-state index in [0.717, 1.165) is 35.2 Å². The molecule has 5 rings (SSSR count). The number of nitrogens with zero attached hydrogens (tertiary/aromatic N) is 2. The van der Waals surface area contributed by atoms with Gasteiger partial charge in [-0.1, -0.05) is 0 Å². The second kappa shape index (κ2) is 3.73. The third-order valence-corrected chi connectivity index (χ3v) is 5.48. The molecule has 0 spiro atoms. The fourth-order valence-corrected chi connectivity index (χ4v) is 5.10. The second-order valence-electron chi connectivity index (χ2n) is 6.63. The molecule has 4 aliphatic rings. The van der Waals surface area contributed by atoms with Crippen molar-refractivity contribution >= 4 is 5.82 Å². The Labute approximate surface area is 108 Å². The summed E-state index contributed by atoms with van der Waals surface area (Å²) in [5.41, 5.74) is 12.7. The van der Waals surface area contributed by atoms with E-state index in [1.807, 2.05) is 6.07 Å². The third-order valence-electron chi connectivity index (χ3n) is 5.48. The quantitative estimate of drug-likeness (QED) is 0.837. The van der Waals surface area contributed by atoms with Gasteiger partial charge in [-0.15, -0.1) is 0 Å². The molecule has 4 aliphatic carbocycles. The van der Waals surface area contributed by atoms with Gasteiger partial charge in [-0.2, -0.15) is 5.10 Å². The Kier molecular flexibility index (Phi) is 2.25. The summed E-state index contributed by atoms with van der Waals surface area (Å²) < 4.78 is 2.11. The van der Waals surface area contributed by atoms with Crippen LogP contribution >= 0.6 is 0 Å². The highest BCUT2D eigenvalue weighted by molar-refractivity contribution is 5.32. The van der Waals surface area contributed by atoms with Crippen LogP contribution in [0.5, 0.6) is 0 Å². The van der Waals surface area contributed by atoms with Crippen molar-refractivity contribution in [2.24, 2.45) is 29.4 Å². The zero-order valence-corrected chi connectivity index (χ0v) is 10.8. The molecule has 0 unspecified atom stereocenters. The summed E-state index contributed by atoms with van der Waals surface area (Å²) in [5, 5.41) is 4.64. The van der Waals surface area contributed by atoms with E-state index >= 15 is 0 Å². The van der Waals surface area contributed by atoms with E-state index < -0.39 is 0 Å². The number of hydrogen-bond donors (Lipinski definition) is 2. The molecule has 4 heteroatoms. The van der Waals surface area contributed by atoms with Crippen LogP contribution in [0.15, 0.2) is 6.07 Å². The van der Waals surface area contributed by atoms with Gasteiger partial charge in [0.15, 0.2) is 0 Å². The molecule has 0 atom stereocenters. The molecule has 4 fully saturated rings. The van der Waals surface area contributed by atoms with Gasteiger partial charge >= 0.3 is 0 Å². The maximum absolute atomic E-state index is 6.14. The maximum atomic E-state index is 6.14. The lowest BCUT2D eigenvalue weighted by molar-refractivity contribution is -0.0328. The van der Waals surface area contributed by atoms with E-state index in [1.165, 1.54) is 32.1 Å². The highest BCUT2D eigenvalue weighted by Gasteiger charge is 2.49. The van der Waals surface area contributed by atoms with Crippen LogP contribution in [-0.4, -0.2) is 9.78 Å². The van der Waals surface area contributed by atoms with Crippen LogP contribution in [0, 0.1) is 23.7 Å². The van der Waals surface area contributed by atoms with Gasteiger partial charge in [-0.05, 0) is 55.8 Å². The fraction of sp³-hybridized carbons (Fsp3) is 0.786. The van der Waals surface area contributed by atoms with Crippen molar-refractivity contribution in [2.75, 3.05) is 5.73 Å². The molecule has 0 aliphatic heterocycles. The molecule has 0 amide bonds. The van der Waals surface area contributed by atoms with E-state index in [4.69, 9.17) is 11.5 Å². The third kappa shape index (κ3) is 1.44. The van der Waals surface area contributed by atoms with Crippen LogP contribution in [0.1, 0.15) is 43.8 Å². The van der Waals surface area contributed by atoms with Crippen molar-refractivity contribution < 1.29 is 0 Å². The van der Waals surface area contributed by atoms with E-state index in [1.54, 1.807) is 0 Å². The molecule has 0 saturated heterocycles. The first kappa shape index (κ1) is 10.9. The molecule has 4 nitrogen and oxygen atoms in total. The Balaban J connectivity index is 1.69. The van der Waals surface area contributed by atoms with Crippen molar-refractivity contribution in [1.29, 1.82) is 0 Å². The first-order valence-electron chi connectivity index (χ1n) is 7.28. The first-order chi connectivity index (χ1) is 8.74. The van der Waals surface area contributed by atoms with Gasteiger partial charge in [0.25, 0.3) is 0 Å². The molecule has 1 heterocycles. The topological polar surface area (TPSA) is 69.9 Å². The Morgan fingerprint density at radius 1 is 1.11 bits per heavy atom. The van der Waals surface area contributed by atoms with E-state index in [9.17, 15) is 0 Å². The van der Waals surface area contributed by atoms with Gasteiger partial charge in [0.2, 0.25) is 0 Å². The Morgan fingerprint density at radius 2 is 1.72 bits per heavy atom. The van der Waals surface area contributed by atoms with Crippen LogP contribution in [-0.2, 0) is 6.54 Å². The summed E-state index contributed by atoms with van der Waals surface area (Å²) in [6.07, 6.45) is 7.08. The fourth-order valence-electron chi connectivity index (χ4n) is 5.10. The highest BCUT2D eigenvalue weighted by Crippen LogP contribution is 2.58. The summed E-state index contributed by atoms with van der Waals surface area (Å²) >= 11 is 0. The van der Waals surface area contributed by atoms with Crippen LogP contribution < -0.4 is 11.5 Å². The molecule has 4 N–H and O–H groups in total. The van der Waals surface area contributed by atoms with Gasteiger partial charge in [0.05, 0.1) is 11.7 Å². The summed E-state index contributed by atoms with van der Waals surface area (Å²) in [5.74, 6) is 4.43. The monoisotopic (exact) mass is 246 g/mol. The molecule has 98 valence electrons. The number of nitrogens with two attached hydrogens (primary N) is 2. The Bertz CT molecular complexity index is 436. The van der Waals surface area contributed by atoms with Crippen molar-refractivity contribution in [3.05, 3.63) is 11.8 Å². The Morgan fingerprint density at radius 3 is 2.22 bits per heavy atom. The molecular formula is C14H22N4. The lowest BCUT2D eigenvalue weighted by Crippen LogP contribution is -2.46. The van der Waals surface area contributed by atoms with Crippen molar-refractivity contribution in [3.63, 3.8) is 0 Å². The predicted molar refractivity (Wildman–Crippen MR) is 70.6 cm³/mol. The predicted octanol–water partition coefficient (Wildman–Crippen LogP) is 1.92. The van der Waals surface area contributed by atoms with Crippen LogP contribution in [0.25, 0.3) is 0 Å². The number of aromatic nitrogens is 2. The standard InChI is InChI=1S/C14H22N4/c15-7-12-6-13(16)18(17-12)14-10-2-8-1-9(4-10)5-11(14)3-8/h6,8-11,14H,1-5,7,15-16H2. The number of rotatable bonds is 2. The SMILES string of the molecule is NCc1cc(N)n(C2C3CC4CC(C3)CC2C4)n1. The minimum absolute atomic E-state index is 0.491. The summed E-state index contributed by atoms with van der Waals surface area (Å²) in [6, 6.07) is 2.50. The molecule has 4 saturated carbocycles. The van der Waals surface area contributed by atoms with Crippen LogP contribution in [0.4, 0.5) is 5.82 Å². The molecule has 0 aromatic carbocycles. The lowest BCUT2D eigenvalue weighted by Gasteiger charge is -2.54. The van der Waals surface area contributed by atoms with Crippen molar-refractivity contribution in [2.45, 2.75) is 44.7 Å². The number of hydrogen-bond acceptors (Lipinski definition) is 3. The van der Waals surface area contributed by atoms with Gasteiger partial charge < -0.3 is 11.5 Å². The largest absolute Gasteiger partial charge is 0.384 e. The molecule has 4 bridgehead atoms. The minimum atomic E-state index is 0.491. The lowest BCUT2D eigenvalue weighted by atomic mass is 9.54. The van der Waals surface area contributed by atoms with Crippen LogP contribution in [0.2, 0.25) is 0 Å². The Hall–Kier alpha value is -1.03. The van der Waals surface area contributed by atoms with Crippen molar-refractivity contribution in [3.8, 4) is 0 Å². The minimum Gasteiger partial charge on any atom is -0.384 e. The molecule has 1 aromatic rings. The summed E-state index contributed by atoms with van der Waals surface area (Å²) in [6.45, 7) is 0.491. The zero-order valence-electron chi connectivity index (χ0n) is 10.8. The van der Waals surface area contributed by atoms with Gasteiger partial charge in [-0.3, -0.25) is 0 Å². The average molecular weight is 246 g/mol.